The molecule has 4 rings (SSSR count). The second kappa shape index (κ2) is 9.34. The maximum Gasteiger partial charge on any atom is 0.252 e. The first-order valence-electron chi connectivity index (χ1n) is 10.5. The van der Waals surface area contributed by atoms with Gasteiger partial charge in [0.05, 0.1) is 0 Å². The third-order valence-corrected chi connectivity index (χ3v) is 9.12. The minimum atomic E-state index is -3.42. The third-order valence-electron chi connectivity index (χ3n) is 5.62. The second-order valence-corrected chi connectivity index (χ2v) is 11.0. The van der Waals surface area contributed by atoms with Gasteiger partial charge in [-0.15, -0.1) is 11.3 Å². The van der Waals surface area contributed by atoms with Crippen molar-refractivity contribution in [1.29, 1.82) is 0 Å². The van der Waals surface area contributed by atoms with Crippen LogP contribution < -0.4 is 5.32 Å². The standard InChI is InChI=1S/C24H26N2O3S2/c1-18-7-3-4-8-21(18)17-25-24(27)20-11-9-19(10-12-20)22-13-14-23(30-22)31(28,29)26-15-5-2-6-16-26/h3-4,7-14H,2,5-6,15-17H2,1H3,(H,25,27). The Kier molecular flexibility index (Phi) is 6.55. The Morgan fingerprint density at radius 3 is 2.39 bits per heavy atom. The third kappa shape index (κ3) is 4.89. The minimum absolute atomic E-state index is 0.130. The zero-order valence-electron chi connectivity index (χ0n) is 17.5. The van der Waals surface area contributed by atoms with Gasteiger partial charge in [-0.05, 0) is 60.7 Å². The minimum Gasteiger partial charge on any atom is -0.348 e. The molecule has 31 heavy (non-hydrogen) atoms. The van der Waals surface area contributed by atoms with E-state index in [0.717, 1.165) is 40.8 Å². The first-order valence-corrected chi connectivity index (χ1v) is 12.7. The molecule has 2 heterocycles. The van der Waals surface area contributed by atoms with E-state index in [0.29, 0.717) is 29.4 Å². The summed E-state index contributed by atoms with van der Waals surface area (Å²) in [6.07, 6.45) is 2.93. The van der Waals surface area contributed by atoms with Crippen molar-refractivity contribution in [3.63, 3.8) is 0 Å². The Hall–Kier alpha value is -2.48. The summed E-state index contributed by atoms with van der Waals surface area (Å²) in [6, 6.07) is 18.8. The molecule has 1 aliphatic rings. The van der Waals surface area contributed by atoms with Gasteiger partial charge in [-0.25, -0.2) is 8.42 Å². The molecule has 1 aliphatic heterocycles. The molecule has 0 saturated carbocycles. The van der Waals surface area contributed by atoms with Crippen LogP contribution in [-0.4, -0.2) is 31.7 Å². The van der Waals surface area contributed by atoms with Crippen LogP contribution in [-0.2, 0) is 16.6 Å². The number of sulfonamides is 1. The topological polar surface area (TPSA) is 66.5 Å². The van der Waals surface area contributed by atoms with Gasteiger partial charge in [0.1, 0.15) is 4.21 Å². The first-order chi connectivity index (χ1) is 14.9. The molecule has 0 spiro atoms. The predicted octanol–water partition coefficient (Wildman–Crippen LogP) is 4.83. The predicted molar refractivity (Wildman–Crippen MR) is 125 cm³/mol. The van der Waals surface area contributed by atoms with Crippen molar-refractivity contribution in [1.82, 2.24) is 9.62 Å². The number of nitrogens with zero attached hydrogens (tertiary/aromatic N) is 1. The van der Waals surface area contributed by atoms with E-state index in [2.05, 4.69) is 5.32 Å². The van der Waals surface area contributed by atoms with Crippen molar-refractivity contribution in [2.24, 2.45) is 0 Å². The fourth-order valence-electron chi connectivity index (χ4n) is 3.72. The van der Waals surface area contributed by atoms with Crippen LogP contribution in [0.25, 0.3) is 10.4 Å². The molecule has 1 fully saturated rings. The smallest absolute Gasteiger partial charge is 0.252 e. The number of nitrogens with one attached hydrogen (secondary N) is 1. The summed E-state index contributed by atoms with van der Waals surface area (Å²) >= 11 is 1.28. The van der Waals surface area contributed by atoms with Gasteiger partial charge in [0, 0.05) is 30.1 Å². The highest BCUT2D eigenvalue weighted by Gasteiger charge is 2.27. The summed E-state index contributed by atoms with van der Waals surface area (Å²) < 4.78 is 27.7. The normalized spacial score (nSPS) is 15.0. The van der Waals surface area contributed by atoms with E-state index in [1.807, 2.05) is 49.4 Å². The number of rotatable bonds is 6. The van der Waals surface area contributed by atoms with Crippen molar-refractivity contribution in [3.8, 4) is 10.4 Å². The molecule has 1 saturated heterocycles. The zero-order chi connectivity index (χ0) is 21.8. The Labute approximate surface area is 187 Å². The maximum atomic E-state index is 12.9. The van der Waals surface area contributed by atoms with Gasteiger partial charge in [-0.1, -0.05) is 42.8 Å². The fourth-order valence-corrected chi connectivity index (χ4v) is 6.70. The second-order valence-electron chi connectivity index (χ2n) is 7.77. The molecule has 0 atom stereocenters. The van der Waals surface area contributed by atoms with E-state index in [1.54, 1.807) is 22.5 Å². The SMILES string of the molecule is Cc1ccccc1CNC(=O)c1ccc(-c2ccc(S(=O)(=O)N3CCCCC3)s2)cc1. The van der Waals surface area contributed by atoms with Gasteiger partial charge in [0.2, 0.25) is 0 Å². The van der Waals surface area contributed by atoms with Crippen LogP contribution in [0.2, 0.25) is 0 Å². The Bertz CT molecular complexity index is 1160. The highest BCUT2D eigenvalue weighted by atomic mass is 32.2. The molecular formula is C24H26N2O3S2. The largest absolute Gasteiger partial charge is 0.348 e. The highest BCUT2D eigenvalue weighted by molar-refractivity contribution is 7.91. The molecule has 0 bridgehead atoms. The van der Waals surface area contributed by atoms with E-state index in [9.17, 15) is 13.2 Å². The number of carbonyl (C=O) groups is 1. The zero-order valence-corrected chi connectivity index (χ0v) is 19.1. The van der Waals surface area contributed by atoms with E-state index >= 15 is 0 Å². The number of hydrogen-bond acceptors (Lipinski definition) is 4. The van der Waals surface area contributed by atoms with Gasteiger partial charge in [-0.3, -0.25) is 4.79 Å². The Balaban J connectivity index is 1.44. The molecule has 1 aromatic heterocycles. The molecule has 5 nitrogen and oxygen atoms in total. The Morgan fingerprint density at radius 1 is 0.968 bits per heavy atom. The summed E-state index contributed by atoms with van der Waals surface area (Å²) in [6.45, 7) is 3.71. The number of benzene rings is 2. The summed E-state index contributed by atoms with van der Waals surface area (Å²) in [5, 5.41) is 2.95. The van der Waals surface area contributed by atoms with Crippen molar-refractivity contribution in [2.45, 2.75) is 36.9 Å². The number of thiophene rings is 1. The van der Waals surface area contributed by atoms with Crippen LogP contribution in [0.15, 0.2) is 64.9 Å². The monoisotopic (exact) mass is 454 g/mol. The molecule has 1 N–H and O–H groups in total. The van der Waals surface area contributed by atoms with Crippen LogP contribution >= 0.6 is 11.3 Å². The number of aryl methyl sites for hydroxylation is 1. The fraction of sp³-hybridized carbons (Fsp3) is 0.292. The van der Waals surface area contributed by atoms with E-state index in [-0.39, 0.29) is 5.91 Å². The highest BCUT2D eigenvalue weighted by Crippen LogP contribution is 2.33. The lowest BCUT2D eigenvalue weighted by Gasteiger charge is -2.25. The first kappa shape index (κ1) is 21.7. The molecule has 0 unspecified atom stereocenters. The van der Waals surface area contributed by atoms with Crippen molar-refractivity contribution in [2.75, 3.05) is 13.1 Å². The van der Waals surface area contributed by atoms with Crippen molar-refractivity contribution >= 4 is 27.3 Å². The summed E-state index contributed by atoms with van der Waals surface area (Å²) in [5.41, 5.74) is 3.72. The summed E-state index contributed by atoms with van der Waals surface area (Å²) in [7, 11) is -3.42. The number of carbonyl (C=O) groups excluding carboxylic acids is 1. The lowest BCUT2D eigenvalue weighted by Crippen LogP contribution is -2.35. The number of hydrogen-bond donors (Lipinski definition) is 1. The van der Waals surface area contributed by atoms with E-state index in [4.69, 9.17) is 0 Å². The van der Waals surface area contributed by atoms with Gasteiger partial charge < -0.3 is 5.32 Å². The van der Waals surface area contributed by atoms with Gasteiger partial charge in [-0.2, -0.15) is 4.31 Å². The maximum absolute atomic E-state index is 12.9. The average molecular weight is 455 g/mol. The van der Waals surface area contributed by atoms with Crippen LogP contribution in [0, 0.1) is 6.92 Å². The van der Waals surface area contributed by atoms with E-state index in [1.165, 1.54) is 11.3 Å². The van der Waals surface area contributed by atoms with Crippen molar-refractivity contribution in [3.05, 3.63) is 77.4 Å². The lowest BCUT2D eigenvalue weighted by atomic mass is 10.1. The van der Waals surface area contributed by atoms with E-state index < -0.39 is 10.0 Å². The molecule has 162 valence electrons. The van der Waals surface area contributed by atoms with Gasteiger partial charge >= 0.3 is 0 Å². The van der Waals surface area contributed by atoms with Gasteiger partial charge in [0.15, 0.2) is 0 Å². The van der Waals surface area contributed by atoms with Crippen LogP contribution in [0.1, 0.15) is 40.7 Å². The molecule has 1 amide bonds. The molecule has 0 radical (unpaired) electrons. The van der Waals surface area contributed by atoms with Crippen LogP contribution in [0.3, 0.4) is 0 Å². The van der Waals surface area contributed by atoms with Gasteiger partial charge in [0.25, 0.3) is 15.9 Å². The molecule has 2 aromatic carbocycles. The van der Waals surface area contributed by atoms with Crippen molar-refractivity contribution < 1.29 is 13.2 Å². The molecule has 0 aliphatic carbocycles. The number of piperidine rings is 1. The van der Waals surface area contributed by atoms with Crippen LogP contribution in [0.4, 0.5) is 0 Å². The average Bonchev–Trinajstić information content (AvgIpc) is 3.30. The lowest BCUT2D eigenvalue weighted by molar-refractivity contribution is 0.0951. The molecule has 7 heteroatoms. The molecule has 3 aromatic rings. The summed E-state index contributed by atoms with van der Waals surface area (Å²) in [4.78, 5) is 13.4. The number of amides is 1. The molecular weight excluding hydrogens is 428 g/mol. The Morgan fingerprint density at radius 2 is 1.68 bits per heavy atom. The quantitative estimate of drug-likeness (QED) is 0.580. The van der Waals surface area contributed by atoms with Crippen LogP contribution in [0.5, 0.6) is 0 Å². The summed E-state index contributed by atoms with van der Waals surface area (Å²) in [5.74, 6) is -0.130.